The van der Waals surface area contributed by atoms with E-state index in [1.165, 1.54) is 5.56 Å². The lowest BCUT2D eigenvalue weighted by atomic mass is 10.0. The molecule has 1 aromatic rings. The van der Waals surface area contributed by atoms with E-state index in [1.54, 1.807) is 13.1 Å². The quantitative estimate of drug-likeness (QED) is 0.730. The fraction of sp³-hybridized carbons (Fsp3) is 0.455. The second-order valence-electron chi connectivity index (χ2n) is 3.44. The first-order valence-electron chi connectivity index (χ1n) is 5.17. The molecule has 0 saturated carbocycles. The lowest BCUT2D eigenvalue weighted by molar-refractivity contribution is 0.0517. The van der Waals surface area contributed by atoms with Crippen LogP contribution in [0.3, 0.4) is 0 Å². The fourth-order valence-electron chi connectivity index (χ4n) is 1.78. The van der Waals surface area contributed by atoms with Crippen molar-refractivity contribution in [3.63, 3.8) is 0 Å². The standard InChI is InChI=1S/C11H14N2O2/c1-2-15-11(14)10-9-7-12-5-3-8(9)4-6-13-10/h4,6,12H,2-3,5,7H2,1H3. The Morgan fingerprint density at radius 3 is 3.33 bits per heavy atom. The summed E-state index contributed by atoms with van der Waals surface area (Å²) in [6.07, 6.45) is 2.63. The molecule has 4 heteroatoms. The third-order valence-corrected chi connectivity index (χ3v) is 2.49. The van der Waals surface area contributed by atoms with Gasteiger partial charge < -0.3 is 10.1 Å². The monoisotopic (exact) mass is 206 g/mol. The SMILES string of the molecule is CCOC(=O)c1nccc2c1CNCC2. The number of aromatic nitrogens is 1. The molecule has 0 amide bonds. The molecule has 0 aliphatic carbocycles. The Balaban J connectivity index is 2.34. The van der Waals surface area contributed by atoms with E-state index in [9.17, 15) is 4.79 Å². The molecule has 0 saturated heterocycles. The number of carbonyl (C=O) groups is 1. The largest absolute Gasteiger partial charge is 0.461 e. The number of nitrogens with one attached hydrogen (secondary N) is 1. The molecule has 15 heavy (non-hydrogen) atoms. The van der Waals surface area contributed by atoms with Crippen molar-refractivity contribution < 1.29 is 9.53 Å². The Morgan fingerprint density at radius 1 is 1.67 bits per heavy atom. The van der Waals surface area contributed by atoms with Gasteiger partial charge in [0.05, 0.1) is 6.61 Å². The molecule has 2 rings (SSSR count). The minimum Gasteiger partial charge on any atom is -0.461 e. The maximum atomic E-state index is 11.6. The van der Waals surface area contributed by atoms with Crippen molar-refractivity contribution in [2.75, 3.05) is 13.2 Å². The number of hydrogen-bond acceptors (Lipinski definition) is 4. The van der Waals surface area contributed by atoms with Gasteiger partial charge in [-0.05, 0) is 31.5 Å². The smallest absolute Gasteiger partial charge is 0.357 e. The van der Waals surface area contributed by atoms with E-state index < -0.39 is 0 Å². The highest BCUT2D eigenvalue weighted by atomic mass is 16.5. The Morgan fingerprint density at radius 2 is 2.53 bits per heavy atom. The number of esters is 1. The van der Waals surface area contributed by atoms with Crippen LogP contribution in [-0.2, 0) is 17.7 Å². The van der Waals surface area contributed by atoms with Gasteiger partial charge in [-0.2, -0.15) is 0 Å². The first-order chi connectivity index (χ1) is 7.33. The average molecular weight is 206 g/mol. The molecule has 0 radical (unpaired) electrons. The molecular formula is C11H14N2O2. The van der Waals surface area contributed by atoms with Gasteiger partial charge in [-0.1, -0.05) is 0 Å². The fourth-order valence-corrected chi connectivity index (χ4v) is 1.78. The van der Waals surface area contributed by atoms with Crippen molar-refractivity contribution in [3.8, 4) is 0 Å². The van der Waals surface area contributed by atoms with E-state index in [0.29, 0.717) is 18.8 Å². The summed E-state index contributed by atoms with van der Waals surface area (Å²) in [5.41, 5.74) is 2.65. The molecule has 1 aliphatic heterocycles. The molecule has 1 aliphatic rings. The molecule has 0 aromatic carbocycles. The van der Waals surface area contributed by atoms with E-state index in [4.69, 9.17) is 4.74 Å². The number of nitrogens with zero attached hydrogens (tertiary/aromatic N) is 1. The molecule has 0 atom stereocenters. The molecular weight excluding hydrogens is 192 g/mol. The van der Waals surface area contributed by atoms with E-state index in [0.717, 1.165) is 18.5 Å². The Kier molecular flexibility index (Phi) is 2.97. The number of fused-ring (bicyclic) bond motifs is 1. The maximum Gasteiger partial charge on any atom is 0.357 e. The predicted octanol–water partition coefficient (Wildman–Crippen LogP) is 0.904. The third-order valence-electron chi connectivity index (χ3n) is 2.49. The van der Waals surface area contributed by atoms with Gasteiger partial charge in [-0.3, -0.25) is 0 Å². The van der Waals surface area contributed by atoms with Gasteiger partial charge in [-0.15, -0.1) is 0 Å². The number of pyridine rings is 1. The van der Waals surface area contributed by atoms with Gasteiger partial charge in [-0.25, -0.2) is 9.78 Å². The molecule has 1 aromatic heterocycles. The van der Waals surface area contributed by atoms with Crippen LogP contribution in [0.25, 0.3) is 0 Å². The van der Waals surface area contributed by atoms with Crippen LogP contribution in [0.15, 0.2) is 12.3 Å². The molecule has 0 fully saturated rings. The van der Waals surface area contributed by atoms with Gasteiger partial charge in [0.25, 0.3) is 0 Å². The first kappa shape index (κ1) is 10.1. The van der Waals surface area contributed by atoms with Gasteiger partial charge in [0.1, 0.15) is 0 Å². The van der Waals surface area contributed by atoms with E-state index in [2.05, 4.69) is 10.3 Å². The highest BCUT2D eigenvalue weighted by Gasteiger charge is 2.19. The van der Waals surface area contributed by atoms with Crippen LogP contribution in [0.2, 0.25) is 0 Å². The van der Waals surface area contributed by atoms with Gasteiger partial charge >= 0.3 is 5.97 Å². The van der Waals surface area contributed by atoms with Crippen LogP contribution in [0, 0.1) is 0 Å². The Bertz CT molecular complexity index is 377. The second-order valence-corrected chi connectivity index (χ2v) is 3.44. The summed E-state index contributed by atoms with van der Waals surface area (Å²) in [5, 5.41) is 3.23. The molecule has 1 N–H and O–H groups in total. The van der Waals surface area contributed by atoms with Crippen molar-refractivity contribution in [3.05, 3.63) is 29.1 Å². The minimum absolute atomic E-state index is 0.321. The van der Waals surface area contributed by atoms with E-state index >= 15 is 0 Å². The Hall–Kier alpha value is -1.42. The summed E-state index contributed by atoms with van der Waals surface area (Å²) < 4.78 is 4.96. The molecule has 0 spiro atoms. The average Bonchev–Trinajstić information content (AvgIpc) is 2.28. The number of carbonyl (C=O) groups excluding carboxylic acids is 1. The van der Waals surface area contributed by atoms with Crippen molar-refractivity contribution in [1.82, 2.24) is 10.3 Å². The number of hydrogen-bond donors (Lipinski definition) is 1. The zero-order valence-electron chi connectivity index (χ0n) is 8.75. The van der Waals surface area contributed by atoms with E-state index in [-0.39, 0.29) is 5.97 Å². The molecule has 0 bridgehead atoms. The number of ether oxygens (including phenoxy) is 1. The molecule has 0 unspecified atom stereocenters. The van der Waals surface area contributed by atoms with Crippen molar-refractivity contribution in [2.45, 2.75) is 19.9 Å². The first-order valence-corrected chi connectivity index (χ1v) is 5.17. The summed E-state index contributed by atoms with van der Waals surface area (Å²) in [4.78, 5) is 15.7. The summed E-state index contributed by atoms with van der Waals surface area (Å²) in [5.74, 6) is -0.321. The topological polar surface area (TPSA) is 51.2 Å². The number of rotatable bonds is 2. The molecule has 4 nitrogen and oxygen atoms in total. The van der Waals surface area contributed by atoms with Crippen LogP contribution >= 0.6 is 0 Å². The van der Waals surface area contributed by atoms with Crippen LogP contribution in [-0.4, -0.2) is 24.1 Å². The van der Waals surface area contributed by atoms with Gasteiger partial charge in [0, 0.05) is 18.3 Å². The predicted molar refractivity (Wildman–Crippen MR) is 55.6 cm³/mol. The minimum atomic E-state index is -0.321. The summed E-state index contributed by atoms with van der Waals surface area (Å²) in [6.45, 7) is 3.85. The van der Waals surface area contributed by atoms with Crippen molar-refractivity contribution >= 4 is 5.97 Å². The van der Waals surface area contributed by atoms with Crippen molar-refractivity contribution in [2.24, 2.45) is 0 Å². The molecule has 2 heterocycles. The lowest BCUT2D eigenvalue weighted by Crippen LogP contribution is -2.26. The zero-order chi connectivity index (χ0) is 10.7. The normalized spacial score (nSPS) is 14.5. The van der Waals surface area contributed by atoms with Crippen LogP contribution in [0.5, 0.6) is 0 Å². The summed E-state index contributed by atoms with van der Waals surface area (Å²) >= 11 is 0. The lowest BCUT2D eigenvalue weighted by Gasteiger charge is -2.18. The Labute approximate surface area is 88.7 Å². The second kappa shape index (κ2) is 4.40. The van der Waals surface area contributed by atoms with Crippen LogP contribution < -0.4 is 5.32 Å². The highest BCUT2D eigenvalue weighted by Crippen LogP contribution is 2.17. The van der Waals surface area contributed by atoms with Gasteiger partial charge in [0.15, 0.2) is 5.69 Å². The highest BCUT2D eigenvalue weighted by molar-refractivity contribution is 5.89. The van der Waals surface area contributed by atoms with Crippen molar-refractivity contribution in [1.29, 1.82) is 0 Å². The summed E-state index contributed by atoms with van der Waals surface area (Å²) in [7, 11) is 0. The van der Waals surface area contributed by atoms with Crippen LogP contribution in [0.4, 0.5) is 0 Å². The third kappa shape index (κ3) is 1.99. The summed E-state index contributed by atoms with van der Waals surface area (Å²) in [6, 6.07) is 1.97. The molecule has 80 valence electrons. The van der Waals surface area contributed by atoms with Gasteiger partial charge in [0.2, 0.25) is 0 Å². The van der Waals surface area contributed by atoms with Crippen LogP contribution in [0.1, 0.15) is 28.5 Å². The maximum absolute atomic E-state index is 11.6. The van der Waals surface area contributed by atoms with E-state index in [1.807, 2.05) is 6.07 Å². The zero-order valence-corrected chi connectivity index (χ0v) is 8.75.